The van der Waals surface area contributed by atoms with Gasteiger partial charge < -0.3 is 10.6 Å². The highest BCUT2D eigenvalue weighted by Gasteiger charge is 2.41. The molecule has 1 aliphatic rings. The summed E-state index contributed by atoms with van der Waals surface area (Å²) >= 11 is 0. The van der Waals surface area contributed by atoms with Crippen molar-refractivity contribution >= 4 is 22.8 Å². The SMILES string of the molecule is Cn1ncc2c(N)nc(N3CC(c4ccccc4)C(C)(C)C3)nc21. The number of rotatable bonds is 2. The molecule has 1 aromatic carbocycles. The average molecular weight is 322 g/mol. The Bertz CT molecular complexity index is 883. The van der Waals surface area contributed by atoms with Crippen molar-refractivity contribution in [1.29, 1.82) is 0 Å². The van der Waals surface area contributed by atoms with Crippen molar-refractivity contribution in [2.75, 3.05) is 23.7 Å². The molecule has 124 valence electrons. The minimum Gasteiger partial charge on any atom is -0.383 e. The molecular formula is C18H22N6. The predicted molar refractivity (Wildman–Crippen MR) is 95.9 cm³/mol. The monoisotopic (exact) mass is 322 g/mol. The Labute approximate surface area is 141 Å². The molecule has 3 heterocycles. The maximum atomic E-state index is 6.12. The van der Waals surface area contributed by atoms with Gasteiger partial charge in [-0.2, -0.15) is 15.1 Å². The third kappa shape index (κ3) is 2.29. The molecule has 6 heteroatoms. The summed E-state index contributed by atoms with van der Waals surface area (Å²) in [5, 5.41) is 5.04. The standard InChI is InChI=1S/C18H22N6/c1-18(2)11-24(10-14(18)12-7-5-4-6-8-12)17-21-15(19)13-9-20-23(3)16(13)22-17/h4-9,14H,10-11H2,1-3H3,(H2,19,21,22). The highest BCUT2D eigenvalue weighted by Crippen LogP contribution is 2.43. The lowest BCUT2D eigenvalue weighted by Gasteiger charge is -2.25. The molecule has 0 aliphatic carbocycles. The van der Waals surface area contributed by atoms with Gasteiger partial charge in [-0.05, 0) is 11.0 Å². The summed E-state index contributed by atoms with van der Waals surface area (Å²) in [5.41, 5.74) is 8.40. The van der Waals surface area contributed by atoms with E-state index >= 15 is 0 Å². The van der Waals surface area contributed by atoms with Gasteiger partial charge in [0, 0.05) is 26.1 Å². The minimum absolute atomic E-state index is 0.140. The van der Waals surface area contributed by atoms with Gasteiger partial charge in [-0.25, -0.2) is 0 Å². The fraction of sp³-hybridized carbons (Fsp3) is 0.389. The molecule has 1 saturated heterocycles. The first-order valence-electron chi connectivity index (χ1n) is 8.21. The van der Waals surface area contributed by atoms with E-state index in [1.165, 1.54) is 5.56 Å². The van der Waals surface area contributed by atoms with Crippen molar-refractivity contribution in [3.05, 3.63) is 42.1 Å². The van der Waals surface area contributed by atoms with Gasteiger partial charge in [-0.15, -0.1) is 0 Å². The quantitative estimate of drug-likeness (QED) is 0.785. The normalized spacial score (nSPS) is 20.0. The third-order valence-corrected chi connectivity index (χ3v) is 5.04. The highest BCUT2D eigenvalue weighted by atomic mass is 15.3. The summed E-state index contributed by atoms with van der Waals surface area (Å²) in [7, 11) is 1.87. The van der Waals surface area contributed by atoms with Crippen LogP contribution in [-0.2, 0) is 7.05 Å². The van der Waals surface area contributed by atoms with Crippen molar-refractivity contribution < 1.29 is 0 Å². The van der Waals surface area contributed by atoms with E-state index in [2.05, 4.69) is 59.2 Å². The van der Waals surface area contributed by atoms with Crippen LogP contribution in [0.2, 0.25) is 0 Å². The lowest BCUT2D eigenvalue weighted by atomic mass is 9.78. The van der Waals surface area contributed by atoms with Gasteiger partial charge in [-0.3, -0.25) is 4.68 Å². The largest absolute Gasteiger partial charge is 0.383 e. The lowest BCUT2D eigenvalue weighted by molar-refractivity contribution is 0.365. The molecule has 0 radical (unpaired) electrons. The first-order chi connectivity index (χ1) is 11.5. The molecule has 0 spiro atoms. The number of nitrogens with two attached hydrogens (primary N) is 1. The van der Waals surface area contributed by atoms with Crippen LogP contribution in [0.15, 0.2) is 36.5 Å². The van der Waals surface area contributed by atoms with Crippen LogP contribution in [0, 0.1) is 5.41 Å². The second kappa shape index (κ2) is 5.19. The van der Waals surface area contributed by atoms with E-state index < -0.39 is 0 Å². The molecule has 2 N–H and O–H groups in total. The number of fused-ring (bicyclic) bond motifs is 1. The van der Waals surface area contributed by atoms with E-state index in [-0.39, 0.29) is 5.41 Å². The molecule has 2 aromatic heterocycles. The number of hydrogen-bond donors (Lipinski definition) is 1. The molecular weight excluding hydrogens is 300 g/mol. The van der Waals surface area contributed by atoms with E-state index in [0.717, 1.165) is 24.1 Å². The Morgan fingerprint density at radius 2 is 1.92 bits per heavy atom. The Hall–Kier alpha value is -2.63. The maximum Gasteiger partial charge on any atom is 0.229 e. The Balaban J connectivity index is 1.72. The van der Waals surface area contributed by atoms with Gasteiger partial charge >= 0.3 is 0 Å². The van der Waals surface area contributed by atoms with Crippen LogP contribution in [0.25, 0.3) is 11.0 Å². The number of hydrogen-bond acceptors (Lipinski definition) is 5. The Morgan fingerprint density at radius 1 is 1.17 bits per heavy atom. The molecule has 24 heavy (non-hydrogen) atoms. The first-order valence-corrected chi connectivity index (χ1v) is 8.21. The van der Waals surface area contributed by atoms with E-state index in [1.807, 2.05) is 7.05 Å². The summed E-state index contributed by atoms with van der Waals surface area (Å²) in [4.78, 5) is 11.5. The van der Waals surface area contributed by atoms with Crippen LogP contribution in [0.4, 0.5) is 11.8 Å². The van der Waals surface area contributed by atoms with Crippen LogP contribution >= 0.6 is 0 Å². The van der Waals surface area contributed by atoms with Crippen LogP contribution < -0.4 is 10.6 Å². The van der Waals surface area contributed by atoms with Gasteiger partial charge in [0.05, 0.1) is 11.6 Å². The van der Waals surface area contributed by atoms with Crippen LogP contribution in [0.5, 0.6) is 0 Å². The van der Waals surface area contributed by atoms with Gasteiger partial charge in [0.15, 0.2) is 5.65 Å². The van der Waals surface area contributed by atoms with E-state index in [1.54, 1.807) is 10.9 Å². The van der Waals surface area contributed by atoms with E-state index in [9.17, 15) is 0 Å². The van der Waals surface area contributed by atoms with Gasteiger partial charge in [0.1, 0.15) is 5.82 Å². The zero-order chi connectivity index (χ0) is 16.9. The number of nitrogens with zero attached hydrogens (tertiary/aromatic N) is 5. The van der Waals surface area contributed by atoms with Crippen LogP contribution in [0.1, 0.15) is 25.3 Å². The Morgan fingerprint density at radius 3 is 2.67 bits per heavy atom. The summed E-state index contributed by atoms with van der Waals surface area (Å²) in [6.45, 7) is 6.39. The lowest BCUT2D eigenvalue weighted by Crippen LogP contribution is -2.25. The fourth-order valence-electron chi connectivity index (χ4n) is 3.70. The Kier molecular flexibility index (Phi) is 3.23. The number of anilines is 2. The zero-order valence-electron chi connectivity index (χ0n) is 14.3. The fourth-order valence-corrected chi connectivity index (χ4v) is 3.70. The predicted octanol–water partition coefficient (Wildman–Crippen LogP) is 2.58. The zero-order valence-corrected chi connectivity index (χ0v) is 14.3. The smallest absolute Gasteiger partial charge is 0.229 e. The summed E-state index contributed by atoms with van der Waals surface area (Å²) in [6, 6.07) is 10.7. The molecule has 1 fully saturated rings. The topological polar surface area (TPSA) is 72.9 Å². The number of aromatic nitrogens is 4. The molecule has 1 unspecified atom stereocenters. The van der Waals surface area contributed by atoms with Crippen molar-refractivity contribution in [2.24, 2.45) is 12.5 Å². The summed E-state index contributed by atoms with van der Waals surface area (Å²) in [5.74, 6) is 1.62. The molecule has 0 saturated carbocycles. The first kappa shape index (κ1) is 14.9. The number of aryl methyl sites for hydroxylation is 1. The summed E-state index contributed by atoms with van der Waals surface area (Å²) in [6.07, 6.45) is 1.72. The van der Waals surface area contributed by atoms with E-state index in [0.29, 0.717) is 17.7 Å². The molecule has 0 bridgehead atoms. The molecule has 1 atom stereocenters. The van der Waals surface area contributed by atoms with Gasteiger partial charge in [-0.1, -0.05) is 44.2 Å². The van der Waals surface area contributed by atoms with Gasteiger partial charge in [0.25, 0.3) is 0 Å². The van der Waals surface area contributed by atoms with Gasteiger partial charge in [0.2, 0.25) is 5.95 Å². The molecule has 4 rings (SSSR count). The van der Waals surface area contributed by atoms with E-state index in [4.69, 9.17) is 10.7 Å². The molecule has 6 nitrogen and oxygen atoms in total. The third-order valence-electron chi connectivity index (χ3n) is 5.04. The van der Waals surface area contributed by atoms with Crippen molar-refractivity contribution in [1.82, 2.24) is 19.7 Å². The van der Waals surface area contributed by atoms with Crippen LogP contribution in [-0.4, -0.2) is 32.8 Å². The second-order valence-corrected chi connectivity index (χ2v) is 7.25. The molecule has 3 aromatic rings. The minimum atomic E-state index is 0.140. The summed E-state index contributed by atoms with van der Waals surface area (Å²) < 4.78 is 1.74. The highest BCUT2D eigenvalue weighted by molar-refractivity contribution is 5.86. The number of nitrogen functional groups attached to an aromatic ring is 1. The number of benzene rings is 1. The van der Waals surface area contributed by atoms with Crippen molar-refractivity contribution in [2.45, 2.75) is 19.8 Å². The average Bonchev–Trinajstić information content (AvgIpc) is 3.09. The molecule has 1 aliphatic heterocycles. The van der Waals surface area contributed by atoms with Crippen LogP contribution in [0.3, 0.4) is 0 Å². The molecule has 0 amide bonds. The van der Waals surface area contributed by atoms with Crippen molar-refractivity contribution in [3.8, 4) is 0 Å². The maximum absolute atomic E-state index is 6.12. The van der Waals surface area contributed by atoms with Crippen molar-refractivity contribution in [3.63, 3.8) is 0 Å². The second-order valence-electron chi connectivity index (χ2n) is 7.25.